The number of carboxylic acids is 2. The summed E-state index contributed by atoms with van der Waals surface area (Å²) in [5.74, 6) is -2.52. The fraction of sp³-hybridized carbons (Fsp3) is 0.526. The monoisotopic (exact) mass is 377 g/mol. The van der Waals surface area contributed by atoms with Gasteiger partial charge in [-0.2, -0.15) is 0 Å². The van der Waals surface area contributed by atoms with Crippen molar-refractivity contribution >= 4 is 17.8 Å². The molecule has 5 N–H and O–H groups in total. The number of nitrogens with zero attached hydrogens (tertiary/aromatic N) is 1. The van der Waals surface area contributed by atoms with Crippen LogP contribution >= 0.6 is 0 Å². The van der Waals surface area contributed by atoms with Crippen LogP contribution in [0.2, 0.25) is 0 Å². The lowest BCUT2D eigenvalue weighted by atomic mass is 9.93. The summed E-state index contributed by atoms with van der Waals surface area (Å²) in [4.78, 5) is 37.4. The minimum atomic E-state index is -1.07. The van der Waals surface area contributed by atoms with E-state index < -0.39 is 36.0 Å². The Bertz CT molecular complexity index is 694. The maximum Gasteiger partial charge on any atom is 0.326 e. The number of unbranched alkanes of at least 4 members (excludes halogenated alkanes) is 1. The second-order valence-electron chi connectivity index (χ2n) is 6.86. The second kappa shape index (κ2) is 9.48. The van der Waals surface area contributed by atoms with Gasteiger partial charge in [-0.05, 0) is 37.4 Å². The first-order valence-electron chi connectivity index (χ1n) is 9.14. The number of amides is 1. The van der Waals surface area contributed by atoms with Crippen molar-refractivity contribution in [2.24, 2.45) is 5.73 Å². The van der Waals surface area contributed by atoms with Crippen LogP contribution in [0.15, 0.2) is 24.3 Å². The number of rotatable bonds is 9. The second-order valence-corrected chi connectivity index (χ2v) is 6.86. The van der Waals surface area contributed by atoms with Crippen LogP contribution in [0.1, 0.15) is 37.3 Å². The smallest absolute Gasteiger partial charge is 0.326 e. The highest BCUT2D eigenvalue weighted by molar-refractivity contribution is 5.88. The topological polar surface area (TPSA) is 133 Å². The third-order valence-corrected chi connectivity index (χ3v) is 4.88. The molecule has 0 spiro atoms. The van der Waals surface area contributed by atoms with Crippen molar-refractivity contribution in [3.63, 3.8) is 0 Å². The van der Waals surface area contributed by atoms with E-state index in [2.05, 4.69) is 5.32 Å². The van der Waals surface area contributed by atoms with Crippen LogP contribution in [-0.2, 0) is 27.3 Å². The van der Waals surface area contributed by atoms with Crippen molar-refractivity contribution in [1.82, 2.24) is 10.2 Å². The molecule has 1 heterocycles. The lowest BCUT2D eigenvalue weighted by Gasteiger charge is -2.36. The Morgan fingerprint density at radius 1 is 1.22 bits per heavy atom. The minimum absolute atomic E-state index is 0.197. The highest BCUT2D eigenvalue weighted by Crippen LogP contribution is 2.24. The molecule has 27 heavy (non-hydrogen) atoms. The van der Waals surface area contributed by atoms with Crippen molar-refractivity contribution in [2.75, 3.05) is 6.54 Å². The van der Waals surface area contributed by atoms with E-state index in [-0.39, 0.29) is 13.0 Å². The zero-order chi connectivity index (χ0) is 20.0. The maximum absolute atomic E-state index is 12.9. The molecule has 1 aromatic carbocycles. The highest BCUT2D eigenvalue weighted by atomic mass is 16.4. The SMILES string of the molecule is C[C@H](NC(CCCCN)C(=O)O)C(=O)N1Cc2ccccc2CC1C(=O)O. The summed E-state index contributed by atoms with van der Waals surface area (Å²) in [6.07, 6.45) is 1.94. The van der Waals surface area contributed by atoms with Gasteiger partial charge in [-0.3, -0.25) is 14.9 Å². The molecule has 148 valence electrons. The first kappa shape index (κ1) is 20.9. The number of carbonyl (C=O) groups excluding carboxylic acids is 1. The van der Waals surface area contributed by atoms with E-state index in [4.69, 9.17) is 5.73 Å². The van der Waals surface area contributed by atoms with Gasteiger partial charge >= 0.3 is 11.9 Å². The number of hydrogen-bond donors (Lipinski definition) is 4. The summed E-state index contributed by atoms with van der Waals surface area (Å²) in [5.41, 5.74) is 7.26. The van der Waals surface area contributed by atoms with Gasteiger partial charge in [0.25, 0.3) is 0 Å². The fourth-order valence-electron chi connectivity index (χ4n) is 3.37. The Balaban J connectivity index is 2.11. The molecule has 2 unspecified atom stereocenters. The van der Waals surface area contributed by atoms with E-state index in [1.165, 1.54) is 4.90 Å². The summed E-state index contributed by atoms with van der Waals surface area (Å²) in [6.45, 7) is 2.25. The van der Waals surface area contributed by atoms with E-state index in [9.17, 15) is 24.6 Å². The summed E-state index contributed by atoms with van der Waals surface area (Å²) in [5, 5.41) is 21.8. The van der Waals surface area contributed by atoms with Crippen LogP contribution in [0.4, 0.5) is 0 Å². The molecule has 0 aromatic heterocycles. The first-order chi connectivity index (χ1) is 12.8. The van der Waals surface area contributed by atoms with Crippen LogP contribution in [0.5, 0.6) is 0 Å². The number of nitrogens with one attached hydrogen (secondary N) is 1. The van der Waals surface area contributed by atoms with E-state index in [1.54, 1.807) is 6.92 Å². The van der Waals surface area contributed by atoms with Crippen LogP contribution in [-0.4, -0.2) is 57.6 Å². The Morgan fingerprint density at radius 3 is 2.48 bits per heavy atom. The van der Waals surface area contributed by atoms with Gasteiger partial charge in [-0.15, -0.1) is 0 Å². The van der Waals surface area contributed by atoms with Gasteiger partial charge in [0.2, 0.25) is 5.91 Å². The first-order valence-corrected chi connectivity index (χ1v) is 9.14. The highest BCUT2D eigenvalue weighted by Gasteiger charge is 2.37. The predicted molar refractivity (Wildman–Crippen MR) is 99.0 cm³/mol. The van der Waals surface area contributed by atoms with Crippen LogP contribution in [0.3, 0.4) is 0 Å². The Morgan fingerprint density at radius 2 is 1.89 bits per heavy atom. The molecule has 0 radical (unpaired) electrons. The lowest BCUT2D eigenvalue weighted by molar-refractivity contribution is -0.152. The molecule has 3 atom stereocenters. The van der Waals surface area contributed by atoms with Crippen molar-refractivity contribution in [3.8, 4) is 0 Å². The van der Waals surface area contributed by atoms with Gasteiger partial charge in [-0.1, -0.05) is 30.7 Å². The Labute approximate surface area is 158 Å². The number of carbonyl (C=O) groups is 3. The number of carboxylic acid groups (broad SMARTS) is 2. The van der Waals surface area contributed by atoms with Crippen LogP contribution < -0.4 is 11.1 Å². The molecule has 0 aliphatic carbocycles. The molecule has 1 amide bonds. The van der Waals surface area contributed by atoms with Crippen molar-refractivity contribution in [2.45, 2.75) is 57.3 Å². The molecule has 2 rings (SSSR count). The molecule has 8 heteroatoms. The Hall–Kier alpha value is -2.45. The molecular weight excluding hydrogens is 350 g/mol. The number of benzene rings is 1. The molecular formula is C19H27N3O5. The third-order valence-electron chi connectivity index (χ3n) is 4.88. The molecule has 0 saturated carbocycles. The minimum Gasteiger partial charge on any atom is -0.480 e. The van der Waals surface area contributed by atoms with Gasteiger partial charge in [0.05, 0.1) is 6.04 Å². The van der Waals surface area contributed by atoms with E-state index in [0.717, 1.165) is 11.1 Å². The van der Waals surface area contributed by atoms with E-state index in [0.29, 0.717) is 25.8 Å². The number of nitrogens with two attached hydrogens (primary N) is 1. The lowest BCUT2D eigenvalue weighted by Crippen LogP contribution is -2.56. The quantitative estimate of drug-likeness (QED) is 0.463. The zero-order valence-electron chi connectivity index (χ0n) is 15.4. The number of aliphatic carboxylic acids is 2. The summed E-state index contributed by atoms with van der Waals surface area (Å²) in [6, 6.07) is 4.79. The van der Waals surface area contributed by atoms with Gasteiger partial charge in [0, 0.05) is 13.0 Å². The van der Waals surface area contributed by atoms with Gasteiger partial charge in [-0.25, -0.2) is 4.79 Å². The van der Waals surface area contributed by atoms with Crippen molar-refractivity contribution in [3.05, 3.63) is 35.4 Å². The summed E-state index contributed by atoms with van der Waals surface area (Å²) in [7, 11) is 0. The normalized spacial score (nSPS) is 18.4. The van der Waals surface area contributed by atoms with Gasteiger partial charge < -0.3 is 20.8 Å². The molecule has 1 aromatic rings. The number of hydrogen-bond acceptors (Lipinski definition) is 5. The molecule has 0 fully saturated rings. The third kappa shape index (κ3) is 5.27. The molecule has 1 aliphatic rings. The standard InChI is InChI=1S/C19H27N3O5/c1-12(21-15(18(24)25)8-4-5-9-20)17(23)22-11-14-7-3-2-6-13(14)10-16(22)19(26)27/h2-3,6-7,12,15-16,21H,4-5,8-11,20H2,1H3,(H,24,25)(H,26,27)/t12-,15?,16?/m0/s1. The summed E-state index contributed by atoms with van der Waals surface area (Å²) >= 11 is 0. The molecule has 0 bridgehead atoms. The average molecular weight is 377 g/mol. The van der Waals surface area contributed by atoms with Gasteiger partial charge in [0.1, 0.15) is 12.1 Å². The van der Waals surface area contributed by atoms with Crippen LogP contribution in [0.25, 0.3) is 0 Å². The zero-order valence-corrected chi connectivity index (χ0v) is 15.4. The fourth-order valence-corrected chi connectivity index (χ4v) is 3.37. The van der Waals surface area contributed by atoms with Crippen molar-refractivity contribution in [1.29, 1.82) is 0 Å². The summed E-state index contributed by atoms with van der Waals surface area (Å²) < 4.78 is 0. The molecule has 0 saturated heterocycles. The number of fused-ring (bicyclic) bond motifs is 1. The van der Waals surface area contributed by atoms with Crippen LogP contribution in [0, 0.1) is 0 Å². The average Bonchev–Trinajstić information content (AvgIpc) is 2.65. The largest absolute Gasteiger partial charge is 0.480 e. The molecule has 1 aliphatic heterocycles. The maximum atomic E-state index is 12.9. The van der Waals surface area contributed by atoms with E-state index >= 15 is 0 Å². The van der Waals surface area contributed by atoms with Gasteiger partial charge in [0.15, 0.2) is 0 Å². The predicted octanol–water partition coefficient (Wildman–Crippen LogP) is 0.585. The van der Waals surface area contributed by atoms with E-state index in [1.807, 2.05) is 24.3 Å². The van der Waals surface area contributed by atoms with Crippen molar-refractivity contribution < 1.29 is 24.6 Å². The Kier molecular flexibility index (Phi) is 7.32. The molecule has 8 nitrogen and oxygen atoms in total.